The van der Waals surface area contributed by atoms with E-state index in [1.807, 2.05) is 0 Å². The molecule has 0 aromatic rings. The molecule has 0 unspecified atom stereocenters. The van der Waals surface area contributed by atoms with E-state index < -0.39 is 5.97 Å². The maximum absolute atomic E-state index is 11.2. The fourth-order valence-corrected chi connectivity index (χ4v) is 3.99. The van der Waals surface area contributed by atoms with Crippen molar-refractivity contribution in [2.45, 2.75) is 70.3 Å². The minimum Gasteiger partial charge on any atom is -0.481 e. The summed E-state index contributed by atoms with van der Waals surface area (Å²) in [4.78, 5) is 13.7. The van der Waals surface area contributed by atoms with Gasteiger partial charge in [0.25, 0.3) is 0 Å². The average molecular weight is 253 g/mol. The summed E-state index contributed by atoms with van der Waals surface area (Å²) in [6.45, 7) is 4.48. The summed E-state index contributed by atoms with van der Waals surface area (Å²) < 4.78 is 0. The molecule has 1 saturated carbocycles. The maximum atomic E-state index is 11.2. The lowest BCUT2D eigenvalue weighted by Gasteiger charge is -2.46. The van der Waals surface area contributed by atoms with Gasteiger partial charge in [0, 0.05) is 5.54 Å². The van der Waals surface area contributed by atoms with E-state index in [1.54, 1.807) is 0 Å². The molecule has 0 spiro atoms. The van der Waals surface area contributed by atoms with Crippen LogP contribution >= 0.6 is 0 Å². The number of hydrogen-bond donors (Lipinski definition) is 1. The topological polar surface area (TPSA) is 40.5 Å². The third-order valence-corrected chi connectivity index (χ3v) is 4.99. The fourth-order valence-electron chi connectivity index (χ4n) is 3.99. The second kappa shape index (κ2) is 6.05. The summed E-state index contributed by atoms with van der Waals surface area (Å²) in [7, 11) is 0. The van der Waals surface area contributed by atoms with Crippen molar-refractivity contribution in [3.05, 3.63) is 0 Å². The van der Waals surface area contributed by atoms with Crippen LogP contribution in [0.3, 0.4) is 0 Å². The Bertz CT molecular complexity index is 276. The van der Waals surface area contributed by atoms with Crippen LogP contribution in [0, 0.1) is 5.92 Å². The molecule has 3 nitrogen and oxygen atoms in total. The van der Waals surface area contributed by atoms with Gasteiger partial charge < -0.3 is 5.11 Å². The molecule has 3 heteroatoms. The normalized spacial score (nSPS) is 33.7. The van der Waals surface area contributed by atoms with Gasteiger partial charge in [0.05, 0.1) is 6.42 Å². The van der Waals surface area contributed by atoms with Crippen molar-refractivity contribution in [3.63, 3.8) is 0 Å². The van der Waals surface area contributed by atoms with Gasteiger partial charge >= 0.3 is 5.97 Å². The Morgan fingerprint density at radius 3 is 2.39 bits per heavy atom. The molecule has 0 aromatic heterocycles. The van der Waals surface area contributed by atoms with Crippen molar-refractivity contribution in [3.8, 4) is 0 Å². The van der Waals surface area contributed by atoms with E-state index in [9.17, 15) is 9.90 Å². The Morgan fingerprint density at radius 2 is 1.89 bits per heavy atom. The summed E-state index contributed by atoms with van der Waals surface area (Å²) in [6, 6.07) is 0. The molecule has 1 heterocycles. The number of likely N-dealkylation sites (tertiary alicyclic amines) is 1. The fraction of sp³-hybridized carbons (Fsp3) is 0.933. The molecular formula is C15H27NO2. The van der Waals surface area contributed by atoms with Gasteiger partial charge in [-0.15, -0.1) is 0 Å². The summed E-state index contributed by atoms with van der Waals surface area (Å²) in [5.41, 5.74) is -0.00737. The number of carbonyl (C=O) groups is 1. The van der Waals surface area contributed by atoms with Crippen LogP contribution in [0.5, 0.6) is 0 Å². The Balaban J connectivity index is 2.00. The first-order valence-electron chi connectivity index (χ1n) is 7.63. The summed E-state index contributed by atoms with van der Waals surface area (Å²) in [6.07, 6.45) is 10.1. The van der Waals surface area contributed by atoms with E-state index in [4.69, 9.17) is 0 Å². The van der Waals surface area contributed by atoms with E-state index in [0.29, 0.717) is 6.42 Å². The minimum absolute atomic E-state index is 0.00737. The molecule has 18 heavy (non-hydrogen) atoms. The summed E-state index contributed by atoms with van der Waals surface area (Å²) in [5, 5.41) is 9.23. The van der Waals surface area contributed by atoms with Crippen LogP contribution in [-0.4, -0.2) is 34.6 Å². The van der Waals surface area contributed by atoms with Gasteiger partial charge in [-0.1, -0.05) is 19.8 Å². The second-order valence-corrected chi connectivity index (χ2v) is 6.22. The molecule has 0 atom stereocenters. The third kappa shape index (κ3) is 3.05. The zero-order valence-electron chi connectivity index (χ0n) is 11.7. The highest BCUT2D eigenvalue weighted by molar-refractivity contribution is 5.68. The number of rotatable bonds is 5. The van der Waals surface area contributed by atoms with Gasteiger partial charge in [0.15, 0.2) is 0 Å². The Hall–Kier alpha value is -0.570. The van der Waals surface area contributed by atoms with E-state index in [1.165, 1.54) is 38.5 Å². The molecule has 1 saturated heterocycles. The van der Waals surface area contributed by atoms with Crippen molar-refractivity contribution < 1.29 is 9.90 Å². The van der Waals surface area contributed by atoms with Crippen LogP contribution in [0.1, 0.15) is 64.7 Å². The Labute approximate surface area is 111 Å². The van der Waals surface area contributed by atoms with E-state index in [2.05, 4.69) is 11.8 Å². The van der Waals surface area contributed by atoms with Gasteiger partial charge in [-0.2, -0.15) is 0 Å². The zero-order chi connectivity index (χ0) is 13.0. The van der Waals surface area contributed by atoms with Crippen molar-refractivity contribution in [1.82, 2.24) is 4.90 Å². The smallest absolute Gasteiger partial charge is 0.305 e. The van der Waals surface area contributed by atoms with Gasteiger partial charge in [0.2, 0.25) is 0 Å². The van der Waals surface area contributed by atoms with Crippen molar-refractivity contribution in [2.75, 3.05) is 13.1 Å². The molecule has 104 valence electrons. The summed E-state index contributed by atoms with van der Waals surface area (Å²) >= 11 is 0. The van der Waals surface area contributed by atoms with Crippen LogP contribution in [-0.2, 0) is 4.79 Å². The molecule has 2 rings (SSSR count). The standard InChI is InChI=1S/C15H27NO2/c1-2-5-13-6-8-15(9-7-13,12-14(17)18)16-10-3-4-11-16/h13H,2-12H2,1H3,(H,17,18). The molecule has 1 aliphatic carbocycles. The van der Waals surface area contributed by atoms with Gasteiger partial charge in [0.1, 0.15) is 0 Å². The Kier molecular flexibility index (Phi) is 4.66. The summed E-state index contributed by atoms with van der Waals surface area (Å²) in [5.74, 6) is 0.232. The quantitative estimate of drug-likeness (QED) is 0.817. The molecule has 2 aliphatic rings. The molecule has 0 amide bonds. The van der Waals surface area contributed by atoms with Gasteiger partial charge in [-0.3, -0.25) is 9.69 Å². The van der Waals surface area contributed by atoms with E-state index >= 15 is 0 Å². The number of carboxylic acids is 1. The zero-order valence-corrected chi connectivity index (χ0v) is 11.7. The van der Waals surface area contributed by atoms with Crippen molar-refractivity contribution in [2.24, 2.45) is 5.92 Å². The van der Waals surface area contributed by atoms with E-state index in [-0.39, 0.29) is 5.54 Å². The predicted octanol–water partition coefficient (Wildman–Crippen LogP) is 3.29. The molecular weight excluding hydrogens is 226 g/mol. The third-order valence-electron chi connectivity index (χ3n) is 4.99. The van der Waals surface area contributed by atoms with Gasteiger partial charge in [-0.05, 0) is 57.5 Å². The number of nitrogens with zero attached hydrogens (tertiary/aromatic N) is 1. The molecule has 0 bridgehead atoms. The lowest BCUT2D eigenvalue weighted by molar-refractivity contribution is -0.141. The first-order valence-corrected chi connectivity index (χ1v) is 7.63. The number of hydrogen-bond acceptors (Lipinski definition) is 2. The molecule has 0 aromatic carbocycles. The average Bonchev–Trinajstić information content (AvgIpc) is 2.85. The molecule has 1 N–H and O–H groups in total. The highest BCUT2D eigenvalue weighted by Crippen LogP contribution is 2.41. The van der Waals surface area contributed by atoms with Gasteiger partial charge in [-0.25, -0.2) is 0 Å². The first-order chi connectivity index (χ1) is 8.66. The predicted molar refractivity (Wildman–Crippen MR) is 72.7 cm³/mol. The van der Waals surface area contributed by atoms with E-state index in [0.717, 1.165) is 31.8 Å². The van der Waals surface area contributed by atoms with Crippen molar-refractivity contribution in [1.29, 1.82) is 0 Å². The van der Waals surface area contributed by atoms with Crippen LogP contribution in [0.25, 0.3) is 0 Å². The molecule has 1 aliphatic heterocycles. The van der Waals surface area contributed by atoms with Crippen LogP contribution in [0.2, 0.25) is 0 Å². The monoisotopic (exact) mass is 253 g/mol. The highest BCUT2D eigenvalue weighted by atomic mass is 16.4. The first kappa shape index (κ1) is 13.9. The van der Waals surface area contributed by atoms with Crippen molar-refractivity contribution >= 4 is 5.97 Å². The number of carboxylic acid groups (broad SMARTS) is 1. The maximum Gasteiger partial charge on any atom is 0.305 e. The molecule has 0 radical (unpaired) electrons. The molecule has 2 fully saturated rings. The lowest BCUT2D eigenvalue weighted by atomic mass is 9.72. The van der Waals surface area contributed by atoms with Crippen LogP contribution in [0.4, 0.5) is 0 Å². The van der Waals surface area contributed by atoms with Crippen LogP contribution in [0.15, 0.2) is 0 Å². The Morgan fingerprint density at radius 1 is 1.28 bits per heavy atom. The highest BCUT2D eigenvalue weighted by Gasteiger charge is 2.42. The second-order valence-electron chi connectivity index (χ2n) is 6.22. The minimum atomic E-state index is -0.615. The SMILES string of the molecule is CCCC1CCC(CC(=O)O)(N2CCCC2)CC1. The van der Waals surface area contributed by atoms with Crippen LogP contribution < -0.4 is 0 Å². The lowest BCUT2D eigenvalue weighted by Crippen LogP contribution is -2.51. The largest absolute Gasteiger partial charge is 0.481 e. The number of aliphatic carboxylic acids is 1.